The van der Waals surface area contributed by atoms with Crippen LogP contribution in [0.1, 0.15) is 25.1 Å². The molecule has 1 unspecified atom stereocenters. The summed E-state index contributed by atoms with van der Waals surface area (Å²) in [4.78, 5) is 2.90. The predicted molar refractivity (Wildman–Crippen MR) is 38.2 cm³/mol. The Morgan fingerprint density at radius 3 is 3.20 bits per heavy atom. The van der Waals surface area contributed by atoms with E-state index in [1.807, 2.05) is 6.92 Å². The zero-order valence-electron chi connectivity index (χ0n) is 5.83. The van der Waals surface area contributed by atoms with E-state index in [0.29, 0.717) is 6.42 Å². The number of rotatable bonds is 2. The van der Waals surface area contributed by atoms with Crippen molar-refractivity contribution in [2.75, 3.05) is 0 Å². The Kier molecular flexibility index (Phi) is 2.06. The first kappa shape index (κ1) is 6.81. The molecular weight excluding hydrogens is 126 g/mol. The van der Waals surface area contributed by atoms with Crippen molar-refractivity contribution < 1.29 is 0 Å². The summed E-state index contributed by atoms with van der Waals surface area (Å²) in [6.45, 7) is 2.01. The van der Waals surface area contributed by atoms with Crippen molar-refractivity contribution in [1.29, 1.82) is 0 Å². The molecule has 10 heavy (non-hydrogen) atoms. The van der Waals surface area contributed by atoms with Crippen LogP contribution >= 0.6 is 0 Å². The van der Waals surface area contributed by atoms with Crippen LogP contribution in [0.4, 0.5) is 0 Å². The first-order valence-corrected chi connectivity index (χ1v) is 3.14. The number of aromatic amines is 1. The van der Waals surface area contributed by atoms with Gasteiger partial charge in [0.15, 0.2) is 0 Å². The van der Waals surface area contributed by atoms with Crippen LogP contribution in [0.2, 0.25) is 0 Å². The first-order chi connectivity index (χ1) is 4.84. The largest absolute Gasteiger partial charge is 0.331 e. The normalized spacial score (nSPS) is 12.4. The van der Waals surface area contributed by atoms with E-state index < -0.39 is 0 Å². The van der Waals surface area contributed by atoms with E-state index in [9.17, 15) is 0 Å². The van der Waals surface area contributed by atoms with Gasteiger partial charge in [-0.05, 0) is 0 Å². The Morgan fingerprint density at radius 1 is 1.90 bits per heavy atom. The van der Waals surface area contributed by atoms with E-state index in [1.165, 1.54) is 0 Å². The molecule has 0 spiro atoms. The highest BCUT2D eigenvalue weighted by molar-refractivity contribution is 4.98. The van der Waals surface area contributed by atoms with E-state index in [2.05, 4.69) is 21.1 Å². The third-order valence-electron chi connectivity index (χ3n) is 1.33. The zero-order valence-corrected chi connectivity index (χ0v) is 5.83. The summed E-state index contributed by atoms with van der Waals surface area (Å²) in [5.41, 5.74) is 0. The molecule has 0 aliphatic carbocycles. The van der Waals surface area contributed by atoms with Crippen LogP contribution < -0.4 is 0 Å². The highest BCUT2D eigenvalue weighted by atomic mass is 15.2. The van der Waals surface area contributed by atoms with Gasteiger partial charge < -0.3 is 4.98 Å². The number of hydrogen-bond acceptors (Lipinski definition) is 2. The zero-order chi connectivity index (χ0) is 7.40. The molecule has 0 aromatic carbocycles. The number of nitrogens with one attached hydrogen (secondary N) is 1. The molecule has 0 radical (unpaired) electrons. The fraction of sp³-hybridized carbons (Fsp3) is 0.429. The minimum Gasteiger partial charge on any atom is -0.331 e. The lowest BCUT2D eigenvalue weighted by molar-refractivity contribution is 0.730. The van der Waals surface area contributed by atoms with E-state index >= 15 is 0 Å². The van der Waals surface area contributed by atoms with Crippen LogP contribution in [-0.2, 0) is 0 Å². The fourth-order valence-electron chi connectivity index (χ4n) is 0.729. The Bertz CT molecular complexity index is 219. The maximum atomic E-state index is 5.12. The van der Waals surface area contributed by atoms with Crippen molar-refractivity contribution in [2.45, 2.75) is 19.3 Å². The van der Waals surface area contributed by atoms with Gasteiger partial charge in [0, 0.05) is 12.3 Å². The van der Waals surface area contributed by atoms with Gasteiger partial charge >= 0.3 is 0 Å². The van der Waals surface area contributed by atoms with Crippen molar-refractivity contribution in [1.82, 2.24) is 15.2 Å². The molecule has 1 aromatic heterocycles. The molecule has 1 rings (SSSR count). The van der Waals surface area contributed by atoms with Gasteiger partial charge in [-0.1, -0.05) is 6.92 Å². The minimum atomic E-state index is 0.285. The Morgan fingerprint density at radius 2 is 2.70 bits per heavy atom. The van der Waals surface area contributed by atoms with Gasteiger partial charge in [-0.25, -0.2) is 0 Å². The summed E-state index contributed by atoms with van der Waals surface area (Å²) in [5, 5.41) is 7.49. The summed E-state index contributed by atoms with van der Waals surface area (Å²) in [7, 11) is 0. The van der Waals surface area contributed by atoms with E-state index in [0.717, 1.165) is 5.82 Å². The molecule has 0 aliphatic heterocycles. The molecule has 0 saturated heterocycles. The average molecular weight is 135 g/mol. The standard InChI is InChI=1S/C7H9N3/c1-3-4-6(2)7-8-5-9-10-7/h1,5-6H,4H2,2H3,(H,8,9,10). The van der Waals surface area contributed by atoms with Gasteiger partial charge in [0.25, 0.3) is 0 Å². The molecule has 0 fully saturated rings. The monoisotopic (exact) mass is 135 g/mol. The molecule has 52 valence electrons. The summed E-state index contributed by atoms with van der Waals surface area (Å²) in [6, 6.07) is 0. The van der Waals surface area contributed by atoms with Crippen molar-refractivity contribution in [3.05, 3.63) is 12.2 Å². The Balaban J connectivity index is 2.61. The molecule has 1 aromatic rings. The molecule has 0 amide bonds. The molecule has 0 aliphatic rings. The van der Waals surface area contributed by atoms with Crippen LogP contribution in [0.15, 0.2) is 6.33 Å². The van der Waals surface area contributed by atoms with Crippen LogP contribution in [0.3, 0.4) is 0 Å². The second-order valence-electron chi connectivity index (χ2n) is 2.18. The second kappa shape index (κ2) is 3.02. The van der Waals surface area contributed by atoms with Gasteiger partial charge in [0.2, 0.25) is 0 Å². The van der Waals surface area contributed by atoms with Crippen LogP contribution in [0.5, 0.6) is 0 Å². The van der Waals surface area contributed by atoms with Crippen molar-refractivity contribution in [3.63, 3.8) is 0 Å². The van der Waals surface area contributed by atoms with Gasteiger partial charge in [-0.3, -0.25) is 0 Å². The molecule has 0 bridgehead atoms. The topological polar surface area (TPSA) is 41.6 Å². The summed E-state index contributed by atoms with van der Waals surface area (Å²) >= 11 is 0. The number of H-pyrrole nitrogens is 1. The van der Waals surface area contributed by atoms with Crippen molar-refractivity contribution in [2.24, 2.45) is 0 Å². The van der Waals surface area contributed by atoms with Crippen LogP contribution in [0, 0.1) is 12.3 Å². The summed E-state index contributed by atoms with van der Waals surface area (Å²) < 4.78 is 0. The quantitative estimate of drug-likeness (QED) is 0.613. The highest BCUT2D eigenvalue weighted by Gasteiger charge is 2.05. The lowest BCUT2D eigenvalue weighted by Gasteiger charge is -1.99. The first-order valence-electron chi connectivity index (χ1n) is 3.14. The highest BCUT2D eigenvalue weighted by Crippen LogP contribution is 2.11. The van der Waals surface area contributed by atoms with E-state index in [4.69, 9.17) is 6.42 Å². The van der Waals surface area contributed by atoms with Crippen LogP contribution in [0.25, 0.3) is 0 Å². The molecule has 1 atom stereocenters. The molecule has 3 heteroatoms. The maximum Gasteiger partial charge on any atom is 0.133 e. The van der Waals surface area contributed by atoms with Crippen molar-refractivity contribution >= 4 is 0 Å². The SMILES string of the molecule is C#CCC(C)c1nnc[nH]1. The fourth-order valence-corrected chi connectivity index (χ4v) is 0.729. The molecular formula is C7H9N3. The lowest BCUT2D eigenvalue weighted by Crippen LogP contribution is -1.94. The Hall–Kier alpha value is -1.30. The number of nitrogens with zero attached hydrogens (tertiary/aromatic N) is 2. The number of aromatic nitrogens is 3. The van der Waals surface area contributed by atoms with Crippen molar-refractivity contribution in [3.8, 4) is 12.3 Å². The van der Waals surface area contributed by atoms with Crippen LogP contribution in [-0.4, -0.2) is 15.2 Å². The molecule has 1 N–H and O–H groups in total. The smallest absolute Gasteiger partial charge is 0.133 e. The van der Waals surface area contributed by atoms with E-state index in [-0.39, 0.29) is 5.92 Å². The average Bonchev–Trinajstić information content (AvgIpc) is 2.38. The third kappa shape index (κ3) is 1.35. The van der Waals surface area contributed by atoms with Gasteiger partial charge in [-0.2, -0.15) is 0 Å². The second-order valence-corrected chi connectivity index (χ2v) is 2.18. The van der Waals surface area contributed by atoms with E-state index in [1.54, 1.807) is 6.33 Å². The third-order valence-corrected chi connectivity index (χ3v) is 1.33. The lowest BCUT2D eigenvalue weighted by atomic mass is 10.1. The van der Waals surface area contributed by atoms with Gasteiger partial charge in [0.05, 0.1) is 0 Å². The Labute approximate surface area is 59.9 Å². The van der Waals surface area contributed by atoms with Gasteiger partial charge in [-0.15, -0.1) is 22.5 Å². The number of terminal acetylenes is 1. The summed E-state index contributed by atoms with van der Waals surface area (Å²) in [5.74, 6) is 3.71. The number of hydrogen-bond donors (Lipinski definition) is 1. The maximum absolute atomic E-state index is 5.12. The molecule has 1 heterocycles. The predicted octanol–water partition coefficient (Wildman–Crippen LogP) is 0.931. The molecule has 3 nitrogen and oxygen atoms in total. The minimum absolute atomic E-state index is 0.285. The van der Waals surface area contributed by atoms with Gasteiger partial charge in [0.1, 0.15) is 12.2 Å². The summed E-state index contributed by atoms with van der Waals surface area (Å²) in [6.07, 6.45) is 7.38. The molecule has 0 saturated carbocycles.